The molecular weight excluding hydrogens is 368 g/mol. The van der Waals surface area contributed by atoms with Crippen LogP contribution in [0, 0.1) is 13.8 Å². The van der Waals surface area contributed by atoms with Crippen molar-refractivity contribution in [2.45, 2.75) is 46.6 Å². The molecule has 0 spiro atoms. The topological polar surface area (TPSA) is 27.1 Å². The molecule has 30 heavy (non-hydrogen) atoms. The molecule has 1 aromatic heterocycles. The summed E-state index contributed by atoms with van der Waals surface area (Å²) >= 11 is 0. The lowest BCUT2D eigenvalue weighted by atomic mass is 10.0. The van der Waals surface area contributed by atoms with Crippen LogP contribution in [0.5, 0.6) is 5.75 Å². The number of aryl methyl sites for hydroxylation is 3. The summed E-state index contributed by atoms with van der Waals surface area (Å²) in [5.41, 5.74) is 7.28. The van der Waals surface area contributed by atoms with Crippen molar-refractivity contribution in [3.05, 3.63) is 83.4 Å². The van der Waals surface area contributed by atoms with Gasteiger partial charge in [-0.2, -0.15) is 0 Å². The number of aromatic nitrogens is 2. The third kappa shape index (κ3) is 4.25. The Morgan fingerprint density at radius 1 is 0.933 bits per heavy atom. The first-order chi connectivity index (χ1) is 14.5. The van der Waals surface area contributed by atoms with Gasteiger partial charge in [-0.05, 0) is 61.6 Å². The predicted molar refractivity (Wildman–Crippen MR) is 125 cm³/mol. The summed E-state index contributed by atoms with van der Waals surface area (Å²) in [7, 11) is 0. The van der Waals surface area contributed by atoms with E-state index in [0.29, 0.717) is 12.5 Å². The van der Waals surface area contributed by atoms with E-state index >= 15 is 0 Å². The smallest absolute Gasteiger partial charge is 0.141 e. The third-order valence-corrected chi connectivity index (χ3v) is 5.62. The van der Waals surface area contributed by atoms with Crippen LogP contribution in [-0.2, 0) is 6.54 Å². The van der Waals surface area contributed by atoms with Crippen molar-refractivity contribution in [1.29, 1.82) is 0 Å². The lowest BCUT2D eigenvalue weighted by Gasteiger charge is -2.13. The van der Waals surface area contributed by atoms with E-state index in [0.717, 1.165) is 30.1 Å². The normalized spacial score (nSPS) is 11.4. The number of hydrogen-bond donors (Lipinski definition) is 0. The van der Waals surface area contributed by atoms with Gasteiger partial charge in [-0.15, -0.1) is 0 Å². The highest BCUT2D eigenvalue weighted by Gasteiger charge is 2.14. The van der Waals surface area contributed by atoms with Crippen LogP contribution in [0.15, 0.2) is 66.7 Å². The van der Waals surface area contributed by atoms with Gasteiger partial charge in [0, 0.05) is 12.1 Å². The number of imidazole rings is 1. The molecule has 0 bridgehead atoms. The van der Waals surface area contributed by atoms with Gasteiger partial charge < -0.3 is 9.30 Å². The predicted octanol–water partition coefficient (Wildman–Crippen LogP) is 6.91. The second kappa shape index (κ2) is 8.74. The molecule has 0 aliphatic heterocycles. The minimum absolute atomic E-state index is 0.539. The maximum Gasteiger partial charge on any atom is 0.141 e. The highest BCUT2D eigenvalue weighted by molar-refractivity contribution is 5.81. The maximum atomic E-state index is 6.00. The molecule has 154 valence electrons. The van der Waals surface area contributed by atoms with Crippen LogP contribution < -0.4 is 4.74 Å². The molecule has 4 aromatic rings. The SMILES string of the molecule is Cc1ccc(-c2nc3ccccc3n2CCCOc2ccc(C(C)C)cc2)c(C)c1. The van der Waals surface area contributed by atoms with Crippen LogP contribution in [0.2, 0.25) is 0 Å². The Morgan fingerprint density at radius 2 is 1.70 bits per heavy atom. The van der Waals surface area contributed by atoms with Crippen LogP contribution in [0.4, 0.5) is 0 Å². The maximum absolute atomic E-state index is 6.00. The van der Waals surface area contributed by atoms with E-state index in [1.54, 1.807) is 0 Å². The van der Waals surface area contributed by atoms with Gasteiger partial charge in [0.15, 0.2) is 0 Å². The molecular formula is C27H30N2O. The zero-order valence-corrected chi connectivity index (χ0v) is 18.4. The van der Waals surface area contributed by atoms with E-state index in [9.17, 15) is 0 Å². The second-order valence-electron chi connectivity index (χ2n) is 8.32. The number of benzene rings is 3. The Balaban J connectivity index is 1.52. The summed E-state index contributed by atoms with van der Waals surface area (Å²) in [4.78, 5) is 4.96. The van der Waals surface area contributed by atoms with Gasteiger partial charge >= 0.3 is 0 Å². The van der Waals surface area contributed by atoms with Crippen LogP contribution in [0.3, 0.4) is 0 Å². The standard InChI is InChI=1S/C27H30N2O/c1-19(2)22-11-13-23(14-12-22)30-17-7-16-29-26-9-6-5-8-25(26)28-27(29)24-15-10-20(3)18-21(24)4/h5-6,8-15,18-19H,7,16-17H2,1-4H3. The highest BCUT2D eigenvalue weighted by atomic mass is 16.5. The summed E-state index contributed by atoms with van der Waals surface area (Å²) in [6.07, 6.45) is 0.921. The molecule has 4 rings (SSSR count). The first-order valence-electron chi connectivity index (χ1n) is 10.8. The fourth-order valence-electron chi connectivity index (χ4n) is 3.93. The average molecular weight is 399 g/mol. The van der Waals surface area contributed by atoms with Crippen molar-refractivity contribution < 1.29 is 4.74 Å². The number of nitrogens with zero attached hydrogens (tertiary/aromatic N) is 2. The van der Waals surface area contributed by atoms with Gasteiger partial charge in [-0.1, -0.05) is 61.9 Å². The first-order valence-corrected chi connectivity index (χ1v) is 10.8. The summed E-state index contributed by atoms with van der Waals surface area (Å²) in [5, 5.41) is 0. The fraction of sp³-hybridized carbons (Fsp3) is 0.296. The monoisotopic (exact) mass is 398 g/mol. The molecule has 0 radical (unpaired) electrons. The van der Waals surface area contributed by atoms with E-state index in [1.807, 2.05) is 0 Å². The van der Waals surface area contributed by atoms with E-state index in [2.05, 4.69) is 99.0 Å². The zero-order valence-electron chi connectivity index (χ0n) is 18.4. The summed E-state index contributed by atoms with van der Waals surface area (Å²) in [6, 6.07) is 23.4. The molecule has 3 nitrogen and oxygen atoms in total. The summed E-state index contributed by atoms with van der Waals surface area (Å²) in [6.45, 7) is 10.3. The van der Waals surface area contributed by atoms with Gasteiger partial charge in [0.1, 0.15) is 11.6 Å². The molecule has 0 amide bonds. The Bertz CT molecular complexity index is 1140. The van der Waals surface area contributed by atoms with Crippen LogP contribution >= 0.6 is 0 Å². The van der Waals surface area contributed by atoms with Gasteiger partial charge in [0.2, 0.25) is 0 Å². The summed E-state index contributed by atoms with van der Waals surface area (Å²) in [5.74, 6) is 2.51. The van der Waals surface area contributed by atoms with Crippen LogP contribution in [0.1, 0.15) is 42.9 Å². The first kappa shape index (κ1) is 20.2. The van der Waals surface area contributed by atoms with Crippen molar-refractivity contribution in [3.8, 4) is 17.1 Å². The molecule has 0 aliphatic rings. The van der Waals surface area contributed by atoms with Crippen molar-refractivity contribution in [2.75, 3.05) is 6.61 Å². The molecule has 1 heterocycles. The van der Waals surface area contributed by atoms with Crippen LogP contribution in [-0.4, -0.2) is 16.2 Å². The Hall–Kier alpha value is -3.07. The molecule has 0 saturated heterocycles. The summed E-state index contributed by atoms with van der Waals surface area (Å²) < 4.78 is 8.33. The number of rotatable bonds is 7. The number of fused-ring (bicyclic) bond motifs is 1. The molecule has 0 saturated carbocycles. The van der Waals surface area contributed by atoms with Crippen molar-refractivity contribution in [3.63, 3.8) is 0 Å². The Labute approximate surface area is 179 Å². The van der Waals surface area contributed by atoms with E-state index in [1.165, 1.54) is 27.8 Å². The largest absolute Gasteiger partial charge is 0.494 e. The number of hydrogen-bond acceptors (Lipinski definition) is 2. The minimum atomic E-state index is 0.539. The Kier molecular flexibility index (Phi) is 5.89. The molecule has 0 N–H and O–H groups in total. The lowest BCUT2D eigenvalue weighted by Crippen LogP contribution is -2.06. The molecule has 0 atom stereocenters. The molecule has 3 aromatic carbocycles. The van der Waals surface area contributed by atoms with Crippen molar-refractivity contribution in [2.24, 2.45) is 0 Å². The average Bonchev–Trinajstić information content (AvgIpc) is 3.10. The Morgan fingerprint density at radius 3 is 2.43 bits per heavy atom. The zero-order chi connectivity index (χ0) is 21.1. The van der Waals surface area contributed by atoms with E-state index in [-0.39, 0.29) is 0 Å². The van der Waals surface area contributed by atoms with Crippen molar-refractivity contribution in [1.82, 2.24) is 9.55 Å². The number of para-hydroxylation sites is 2. The third-order valence-electron chi connectivity index (χ3n) is 5.62. The van der Waals surface area contributed by atoms with E-state index < -0.39 is 0 Å². The van der Waals surface area contributed by atoms with Gasteiger partial charge in [0.25, 0.3) is 0 Å². The van der Waals surface area contributed by atoms with Gasteiger partial charge in [-0.25, -0.2) is 4.98 Å². The quantitative estimate of drug-likeness (QED) is 0.316. The van der Waals surface area contributed by atoms with Gasteiger partial charge in [0.05, 0.1) is 17.6 Å². The van der Waals surface area contributed by atoms with Crippen LogP contribution in [0.25, 0.3) is 22.4 Å². The lowest BCUT2D eigenvalue weighted by molar-refractivity contribution is 0.303. The molecule has 3 heteroatoms. The molecule has 0 aliphatic carbocycles. The molecule has 0 fully saturated rings. The fourth-order valence-corrected chi connectivity index (χ4v) is 3.93. The van der Waals surface area contributed by atoms with Gasteiger partial charge in [-0.3, -0.25) is 0 Å². The van der Waals surface area contributed by atoms with Crippen molar-refractivity contribution >= 4 is 11.0 Å². The number of ether oxygens (including phenoxy) is 1. The molecule has 0 unspecified atom stereocenters. The van der Waals surface area contributed by atoms with E-state index in [4.69, 9.17) is 9.72 Å². The highest BCUT2D eigenvalue weighted by Crippen LogP contribution is 2.28. The second-order valence-corrected chi connectivity index (χ2v) is 8.32. The minimum Gasteiger partial charge on any atom is -0.494 e.